The van der Waals surface area contributed by atoms with E-state index in [0.29, 0.717) is 6.42 Å². The predicted octanol–water partition coefficient (Wildman–Crippen LogP) is 6.16. The third-order valence-corrected chi connectivity index (χ3v) is 5.13. The summed E-state index contributed by atoms with van der Waals surface area (Å²) in [5, 5.41) is 4.13. The van der Waals surface area contributed by atoms with E-state index in [-0.39, 0.29) is 5.91 Å². The lowest BCUT2D eigenvalue weighted by atomic mass is 10.1. The van der Waals surface area contributed by atoms with E-state index in [1.54, 1.807) is 0 Å². The van der Waals surface area contributed by atoms with Crippen LogP contribution in [0.1, 0.15) is 82.9 Å². The molecule has 0 atom stereocenters. The Hall–Kier alpha value is -0.870. The minimum Gasteiger partial charge on any atom is -0.273 e. The minimum atomic E-state index is -0.00468. The summed E-state index contributed by atoms with van der Waals surface area (Å²) >= 11 is 7.35. The van der Waals surface area contributed by atoms with E-state index in [2.05, 4.69) is 17.5 Å². The molecule has 1 rings (SSSR count). The number of amides is 1. The van der Waals surface area contributed by atoms with Gasteiger partial charge in [-0.05, 0) is 25.5 Å². The second-order valence-electron chi connectivity index (χ2n) is 5.91. The summed E-state index contributed by atoms with van der Waals surface area (Å²) in [5.41, 5.74) is 3.42. The van der Waals surface area contributed by atoms with Crippen LogP contribution in [-0.4, -0.2) is 11.6 Å². The number of carbonyl (C=O) groups excluding carboxylic acids is 1. The van der Waals surface area contributed by atoms with Gasteiger partial charge in [-0.25, -0.2) is 5.43 Å². The number of thiophene rings is 1. The Morgan fingerprint density at radius 2 is 1.70 bits per heavy atom. The Morgan fingerprint density at radius 1 is 1.09 bits per heavy atom. The van der Waals surface area contributed by atoms with Gasteiger partial charge >= 0.3 is 0 Å². The van der Waals surface area contributed by atoms with Crippen molar-refractivity contribution >= 4 is 34.6 Å². The van der Waals surface area contributed by atoms with E-state index < -0.39 is 0 Å². The number of hydrogen-bond donors (Lipinski definition) is 1. The van der Waals surface area contributed by atoms with Crippen LogP contribution in [0.2, 0.25) is 4.34 Å². The second kappa shape index (κ2) is 12.5. The molecule has 0 aliphatic heterocycles. The minimum absolute atomic E-state index is 0.00468. The molecule has 0 aromatic carbocycles. The largest absolute Gasteiger partial charge is 0.273 e. The molecule has 0 radical (unpaired) electrons. The van der Waals surface area contributed by atoms with E-state index in [0.717, 1.165) is 27.8 Å². The van der Waals surface area contributed by atoms with Crippen LogP contribution in [0.15, 0.2) is 17.2 Å². The summed E-state index contributed by atoms with van der Waals surface area (Å²) in [5.74, 6) is -0.00468. The number of nitrogens with zero attached hydrogens (tertiary/aromatic N) is 1. The standard InChI is InChI=1S/C18H29ClN2OS/c1-3-4-5-6-7-8-9-10-11-12-18(22)21-20-15(2)16-13-14-17(19)23-16/h13-14H,3-12H2,1-2H3,(H,21,22). The molecule has 0 aliphatic carbocycles. The van der Waals surface area contributed by atoms with Crippen molar-refractivity contribution < 1.29 is 4.79 Å². The lowest BCUT2D eigenvalue weighted by Crippen LogP contribution is -2.18. The van der Waals surface area contributed by atoms with Gasteiger partial charge in [0.2, 0.25) is 5.91 Å². The Labute approximate surface area is 149 Å². The fourth-order valence-corrected chi connectivity index (χ4v) is 3.35. The maximum absolute atomic E-state index is 11.8. The van der Waals surface area contributed by atoms with E-state index in [1.807, 2.05) is 19.1 Å². The van der Waals surface area contributed by atoms with Crippen LogP contribution in [0.3, 0.4) is 0 Å². The fraction of sp³-hybridized carbons (Fsp3) is 0.667. The van der Waals surface area contributed by atoms with Gasteiger partial charge in [0.25, 0.3) is 0 Å². The zero-order chi connectivity index (χ0) is 16.9. The van der Waals surface area contributed by atoms with Gasteiger partial charge in [-0.2, -0.15) is 5.10 Å². The number of carbonyl (C=O) groups is 1. The first-order chi connectivity index (χ1) is 11.1. The highest BCUT2D eigenvalue weighted by atomic mass is 35.5. The first-order valence-electron chi connectivity index (χ1n) is 8.72. The van der Waals surface area contributed by atoms with Crippen molar-refractivity contribution in [3.05, 3.63) is 21.3 Å². The van der Waals surface area contributed by atoms with Crippen molar-refractivity contribution in [1.82, 2.24) is 5.43 Å². The van der Waals surface area contributed by atoms with E-state index in [9.17, 15) is 4.79 Å². The molecule has 0 saturated carbocycles. The van der Waals surface area contributed by atoms with Crippen LogP contribution in [0.4, 0.5) is 0 Å². The first kappa shape index (κ1) is 20.2. The summed E-state index contributed by atoms with van der Waals surface area (Å²) < 4.78 is 0.732. The average molecular weight is 357 g/mol. The molecule has 0 bridgehead atoms. The molecule has 1 amide bonds. The van der Waals surface area contributed by atoms with Gasteiger partial charge < -0.3 is 0 Å². The van der Waals surface area contributed by atoms with Crippen molar-refractivity contribution in [3.63, 3.8) is 0 Å². The van der Waals surface area contributed by atoms with Crippen LogP contribution in [0.25, 0.3) is 0 Å². The molecular formula is C18H29ClN2OS. The monoisotopic (exact) mass is 356 g/mol. The summed E-state index contributed by atoms with van der Waals surface area (Å²) in [7, 11) is 0. The van der Waals surface area contributed by atoms with Gasteiger partial charge in [0.15, 0.2) is 0 Å². The summed E-state index contributed by atoms with van der Waals surface area (Å²) in [6.45, 7) is 4.12. The second-order valence-corrected chi connectivity index (χ2v) is 7.63. The summed E-state index contributed by atoms with van der Waals surface area (Å²) in [6, 6.07) is 3.75. The molecule has 0 saturated heterocycles. The molecule has 0 unspecified atom stereocenters. The number of hydrazone groups is 1. The maximum atomic E-state index is 11.8. The van der Waals surface area contributed by atoms with Crippen LogP contribution < -0.4 is 5.43 Å². The maximum Gasteiger partial charge on any atom is 0.240 e. The van der Waals surface area contributed by atoms with Crippen molar-refractivity contribution in [1.29, 1.82) is 0 Å². The molecule has 130 valence electrons. The summed E-state index contributed by atoms with van der Waals surface area (Å²) in [4.78, 5) is 12.7. The molecule has 1 N–H and O–H groups in total. The fourth-order valence-electron chi connectivity index (χ4n) is 2.36. The predicted molar refractivity (Wildman–Crippen MR) is 102 cm³/mol. The van der Waals surface area contributed by atoms with Crippen molar-refractivity contribution in [2.75, 3.05) is 0 Å². The van der Waals surface area contributed by atoms with Gasteiger partial charge in [-0.15, -0.1) is 11.3 Å². The topological polar surface area (TPSA) is 41.5 Å². The third kappa shape index (κ3) is 9.77. The van der Waals surface area contributed by atoms with Crippen molar-refractivity contribution in [3.8, 4) is 0 Å². The van der Waals surface area contributed by atoms with Gasteiger partial charge in [0.1, 0.15) is 0 Å². The van der Waals surface area contributed by atoms with Crippen LogP contribution in [-0.2, 0) is 4.79 Å². The molecule has 0 aliphatic rings. The van der Waals surface area contributed by atoms with E-state index >= 15 is 0 Å². The molecule has 3 nitrogen and oxygen atoms in total. The normalized spacial score (nSPS) is 11.7. The smallest absolute Gasteiger partial charge is 0.240 e. The Kier molecular flexibility index (Phi) is 11.0. The van der Waals surface area contributed by atoms with Crippen LogP contribution >= 0.6 is 22.9 Å². The van der Waals surface area contributed by atoms with Crippen LogP contribution in [0.5, 0.6) is 0 Å². The first-order valence-corrected chi connectivity index (χ1v) is 9.91. The lowest BCUT2D eigenvalue weighted by Gasteiger charge is -2.03. The van der Waals surface area contributed by atoms with E-state index in [4.69, 9.17) is 11.6 Å². The molecular weight excluding hydrogens is 328 g/mol. The van der Waals surface area contributed by atoms with Gasteiger partial charge in [-0.1, -0.05) is 69.9 Å². The molecule has 0 spiro atoms. The van der Waals surface area contributed by atoms with Gasteiger partial charge in [-0.3, -0.25) is 4.79 Å². The number of rotatable bonds is 12. The van der Waals surface area contributed by atoms with Crippen molar-refractivity contribution in [2.45, 2.75) is 78.1 Å². The zero-order valence-electron chi connectivity index (χ0n) is 14.4. The van der Waals surface area contributed by atoms with Gasteiger partial charge in [0.05, 0.1) is 14.9 Å². The van der Waals surface area contributed by atoms with Crippen LogP contribution in [0, 0.1) is 0 Å². The number of hydrogen-bond acceptors (Lipinski definition) is 3. The Morgan fingerprint density at radius 3 is 2.26 bits per heavy atom. The molecule has 1 heterocycles. The van der Waals surface area contributed by atoms with Crippen molar-refractivity contribution in [2.24, 2.45) is 5.10 Å². The highest BCUT2D eigenvalue weighted by molar-refractivity contribution is 7.18. The number of halogens is 1. The quantitative estimate of drug-likeness (QED) is 0.272. The third-order valence-electron chi connectivity index (χ3n) is 3.79. The zero-order valence-corrected chi connectivity index (χ0v) is 15.9. The summed E-state index contributed by atoms with van der Waals surface area (Å²) in [6.07, 6.45) is 11.9. The lowest BCUT2D eigenvalue weighted by molar-refractivity contribution is -0.121. The Balaban J connectivity index is 2.04. The molecule has 5 heteroatoms. The highest BCUT2D eigenvalue weighted by Gasteiger charge is 2.03. The number of unbranched alkanes of at least 4 members (excludes halogenated alkanes) is 8. The molecule has 23 heavy (non-hydrogen) atoms. The molecule has 1 aromatic heterocycles. The Bertz CT molecular complexity index is 485. The van der Waals surface area contributed by atoms with Gasteiger partial charge in [0, 0.05) is 6.42 Å². The SMILES string of the molecule is CCCCCCCCCCCC(=O)NN=C(C)c1ccc(Cl)s1. The average Bonchev–Trinajstić information content (AvgIpc) is 2.97. The van der Waals surface area contributed by atoms with E-state index in [1.165, 1.54) is 56.3 Å². The molecule has 1 aromatic rings. The number of nitrogens with one attached hydrogen (secondary N) is 1. The highest BCUT2D eigenvalue weighted by Crippen LogP contribution is 2.21. The molecule has 0 fully saturated rings.